The minimum absolute atomic E-state index is 0.0111. The number of ether oxygens (including phenoxy) is 1. The number of amides is 2. The molecule has 5 nitrogen and oxygen atoms in total. The number of carbonyl (C=O) groups excluding carboxylic acids is 2. The second-order valence-electron chi connectivity index (χ2n) is 6.91. The van der Waals surface area contributed by atoms with Crippen LogP contribution in [0.4, 0.5) is 4.39 Å². The molecule has 0 aromatic heterocycles. The largest absolute Gasteiger partial charge is 0.497 e. The van der Waals surface area contributed by atoms with E-state index in [0.717, 1.165) is 16.9 Å². The van der Waals surface area contributed by atoms with E-state index in [1.807, 2.05) is 29.2 Å². The lowest BCUT2D eigenvalue weighted by Gasteiger charge is -2.35. The summed E-state index contributed by atoms with van der Waals surface area (Å²) in [4.78, 5) is 28.5. The summed E-state index contributed by atoms with van der Waals surface area (Å²) in [6.45, 7) is 2.18. The van der Waals surface area contributed by atoms with Crippen molar-refractivity contribution >= 4 is 11.8 Å². The van der Waals surface area contributed by atoms with Crippen LogP contribution in [0.2, 0.25) is 0 Å². The van der Waals surface area contributed by atoms with Gasteiger partial charge in [-0.2, -0.15) is 0 Å². The molecule has 3 rings (SSSR count). The first-order valence-corrected chi connectivity index (χ1v) is 9.48. The predicted octanol–water partition coefficient (Wildman–Crippen LogP) is 2.68. The molecule has 6 heteroatoms. The summed E-state index contributed by atoms with van der Waals surface area (Å²) in [5, 5.41) is 0. The van der Waals surface area contributed by atoms with Gasteiger partial charge < -0.3 is 14.5 Å². The van der Waals surface area contributed by atoms with Crippen molar-refractivity contribution < 1.29 is 18.7 Å². The van der Waals surface area contributed by atoms with Gasteiger partial charge in [0.2, 0.25) is 11.8 Å². The maximum atomic E-state index is 13.0. The quantitative estimate of drug-likeness (QED) is 0.769. The van der Waals surface area contributed by atoms with Crippen LogP contribution in [0.3, 0.4) is 0 Å². The predicted molar refractivity (Wildman–Crippen MR) is 105 cm³/mol. The number of carbonyl (C=O) groups is 2. The van der Waals surface area contributed by atoms with Gasteiger partial charge in [-0.1, -0.05) is 24.3 Å². The molecule has 2 aromatic rings. The van der Waals surface area contributed by atoms with Crippen LogP contribution in [0.15, 0.2) is 48.5 Å². The van der Waals surface area contributed by atoms with Gasteiger partial charge >= 0.3 is 0 Å². The number of rotatable bonds is 6. The van der Waals surface area contributed by atoms with E-state index >= 15 is 0 Å². The molecule has 0 bridgehead atoms. The molecule has 28 heavy (non-hydrogen) atoms. The summed E-state index contributed by atoms with van der Waals surface area (Å²) in [7, 11) is 1.63. The first-order chi connectivity index (χ1) is 13.5. The van der Waals surface area contributed by atoms with Gasteiger partial charge in [0.25, 0.3) is 0 Å². The summed E-state index contributed by atoms with van der Waals surface area (Å²) in [5.74, 6) is 0.618. The minimum atomic E-state index is -0.307. The highest BCUT2D eigenvalue weighted by molar-refractivity contribution is 5.80. The fourth-order valence-corrected chi connectivity index (χ4v) is 3.30. The van der Waals surface area contributed by atoms with Crippen molar-refractivity contribution in [2.75, 3.05) is 33.3 Å². The Morgan fingerprint density at radius 2 is 1.39 bits per heavy atom. The molecule has 2 aromatic carbocycles. The molecule has 0 unspecified atom stereocenters. The molecule has 0 N–H and O–H groups in total. The fraction of sp³-hybridized carbons (Fsp3) is 0.364. The smallest absolute Gasteiger partial charge is 0.227 e. The Labute approximate surface area is 164 Å². The first-order valence-electron chi connectivity index (χ1n) is 9.48. The third-order valence-corrected chi connectivity index (χ3v) is 5.04. The van der Waals surface area contributed by atoms with Crippen LogP contribution in [0.25, 0.3) is 0 Å². The van der Waals surface area contributed by atoms with Crippen molar-refractivity contribution in [2.45, 2.75) is 19.3 Å². The molecule has 0 spiro atoms. The highest BCUT2D eigenvalue weighted by Gasteiger charge is 2.23. The lowest BCUT2D eigenvalue weighted by Crippen LogP contribution is -2.51. The third kappa shape index (κ3) is 5.31. The highest BCUT2D eigenvalue weighted by atomic mass is 19.1. The van der Waals surface area contributed by atoms with E-state index in [1.54, 1.807) is 24.1 Å². The number of hydrogen-bond acceptors (Lipinski definition) is 3. The average Bonchev–Trinajstić information content (AvgIpc) is 2.74. The summed E-state index contributed by atoms with van der Waals surface area (Å²) >= 11 is 0. The molecule has 0 radical (unpaired) electrons. The standard InChI is InChI=1S/C22H25FN2O3/c1-28-20-9-4-17(5-10-20)6-11-21(26)24-12-14-25(15-13-24)22(27)16-18-2-7-19(23)8-3-18/h2-5,7-10H,6,11-16H2,1H3. The first kappa shape index (κ1) is 19.9. The Morgan fingerprint density at radius 3 is 1.96 bits per heavy atom. The van der Waals surface area contributed by atoms with E-state index in [4.69, 9.17) is 4.74 Å². The Morgan fingerprint density at radius 1 is 0.857 bits per heavy atom. The zero-order chi connectivity index (χ0) is 19.9. The molecule has 1 aliphatic heterocycles. The SMILES string of the molecule is COc1ccc(CCC(=O)N2CCN(C(=O)Cc3ccc(F)cc3)CC2)cc1. The summed E-state index contributed by atoms with van der Waals surface area (Å²) in [5.41, 5.74) is 1.90. The van der Waals surface area contributed by atoms with Crippen molar-refractivity contribution in [1.82, 2.24) is 9.80 Å². The molecular formula is C22H25FN2O3. The van der Waals surface area contributed by atoms with Gasteiger partial charge in [-0.05, 0) is 41.8 Å². The Bertz CT molecular complexity index is 798. The molecule has 1 fully saturated rings. The van der Waals surface area contributed by atoms with Crippen molar-refractivity contribution in [3.63, 3.8) is 0 Å². The van der Waals surface area contributed by atoms with Gasteiger partial charge in [0.15, 0.2) is 0 Å². The second-order valence-corrected chi connectivity index (χ2v) is 6.91. The Balaban J connectivity index is 1.42. The van der Waals surface area contributed by atoms with Gasteiger partial charge in [-0.25, -0.2) is 4.39 Å². The topological polar surface area (TPSA) is 49.9 Å². The highest BCUT2D eigenvalue weighted by Crippen LogP contribution is 2.14. The number of benzene rings is 2. The van der Waals surface area contributed by atoms with E-state index in [9.17, 15) is 14.0 Å². The van der Waals surface area contributed by atoms with Crippen molar-refractivity contribution in [2.24, 2.45) is 0 Å². The fourth-order valence-electron chi connectivity index (χ4n) is 3.30. The average molecular weight is 384 g/mol. The van der Waals surface area contributed by atoms with E-state index in [-0.39, 0.29) is 24.1 Å². The Kier molecular flexibility index (Phi) is 6.63. The summed E-state index contributed by atoms with van der Waals surface area (Å²) in [6, 6.07) is 13.7. The van der Waals surface area contributed by atoms with Gasteiger partial charge in [-0.15, -0.1) is 0 Å². The maximum Gasteiger partial charge on any atom is 0.227 e. The zero-order valence-electron chi connectivity index (χ0n) is 16.1. The van der Waals surface area contributed by atoms with Gasteiger partial charge in [0.05, 0.1) is 13.5 Å². The number of piperazine rings is 1. The molecule has 2 amide bonds. The lowest BCUT2D eigenvalue weighted by atomic mass is 10.1. The normalized spacial score (nSPS) is 14.1. The van der Waals surface area contributed by atoms with Crippen LogP contribution in [-0.2, 0) is 22.4 Å². The number of methoxy groups -OCH3 is 1. The van der Waals surface area contributed by atoms with Gasteiger partial charge in [0.1, 0.15) is 11.6 Å². The molecule has 148 valence electrons. The van der Waals surface area contributed by atoms with Crippen molar-refractivity contribution in [3.8, 4) is 5.75 Å². The van der Waals surface area contributed by atoms with Crippen LogP contribution in [0.5, 0.6) is 5.75 Å². The minimum Gasteiger partial charge on any atom is -0.497 e. The van der Waals surface area contributed by atoms with Crippen LogP contribution < -0.4 is 4.74 Å². The Hall–Kier alpha value is -2.89. The lowest BCUT2D eigenvalue weighted by molar-refractivity contribution is -0.139. The van der Waals surface area contributed by atoms with Crippen molar-refractivity contribution in [1.29, 1.82) is 0 Å². The monoisotopic (exact) mass is 384 g/mol. The zero-order valence-corrected chi connectivity index (χ0v) is 16.1. The molecule has 0 aliphatic carbocycles. The maximum absolute atomic E-state index is 13.0. The number of nitrogens with zero attached hydrogens (tertiary/aromatic N) is 2. The molecular weight excluding hydrogens is 359 g/mol. The van der Waals surface area contributed by atoms with Gasteiger partial charge in [0, 0.05) is 32.6 Å². The summed E-state index contributed by atoms with van der Waals surface area (Å²) in [6.07, 6.45) is 1.40. The number of halogens is 1. The third-order valence-electron chi connectivity index (χ3n) is 5.04. The van der Waals surface area contributed by atoms with E-state index < -0.39 is 0 Å². The molecule has 0 atom stereocenters. The van der Waals surface area contributed by atoms with E-state index in [1.165, 1.54) is 12.1 Å². The van der Waals surface area contributed by atoms with Crippen LogP contribution in [-0.4, -0.2) is 54.9 Å². The molecule has 1 saturated heterocycles. The van der Waals surface area contributed by atoms with E-state index in [0.29, 0.717) is 39.0 Å². The molecule has 1 aliphatic rings. The van der Waals surface area contributed by atoms with Crippen LogP contribution >= 0.6 is 0 Å². The number of aryl methyl sites for hydroxylation is 1. The number of hydrogen-bond donors (Lipinski definition) is 0. The van der Waals surface area contributed by atoms with E-state index in [2.05, 4.69) is 0 Å². The van der Waals surface area contributed by atoms with Crippen LogP contribution in [0.1, 0.15) is 17.5 Å². The molecule has 0 saturated carbocycles. The summed E-state index contributed by atoms with van der Waals surface area (Å²) < 4.78 is 18.1. The molecule has 1 heterocycles. The van der Waals surface area contributed by atoms with Gasteiger partial charge in [-0.3, -0.25) is 9.59 Å². The second kappa shape index (κ2) is 9.35. The van der Waals surface area contributed by atoms with Crippen molar-refractivity contribution in [3.05, 3.63) is 65.5 Å². The van der Waals surface area contributed by atoms with Crippen LogP contribution in [0, 0.1) is 5.82 Å².